The normalized spacial score (nSPS) is 15.1. The summed E-state index contributed by atoms with van der Waals surface area (Å²) in [7, 11) is 0. The van der Waals surface area contributed by atoms with Crippen molar-refractivity contribution in [2.24, 2.45) is 0 Å². The van der Waals surface area contributed by atoms with E-state index in [1.165, 1.54) is 29.7 Å². The summed E-state index contributed by atoms with van der Waals surface area (Å²) in [4.78, 5) is 28.9. The van der Waals surface area contributed by atoms with Gasteiger partial charge in [0.2, 0.25) is 0 Å². The molecule has 0 spiro atoms. The Hall–Kier alpha value is -2.67. The summed E-state index contributed by atoms with van der Waals surface area (Å²) in [6.45, 7) is 7.58. The first-order valence-corrected chi connectivity index (χ1v) is 12.9. The van der Waals surface area contributed by atoms with Crippen molar-refractivity contribution in [2.45, 2.75) is 38.1 Å². The van der Waals surface area contributed by atoms with Gasteiger partial charge in [-0.05, 0) is 61.3 Å². The van der Waals surface area contributed by atoms with Crippen LogP contribution in [-0.2, 0) is 10.2 Å². The van der Waals surface area contributed by atoms with Crippen molar-refractivity contribution in [3.05, 3.63) is 87.1 Å². The van der Waals surface area contributed by atoms with Crippen molar-refractivity contribution in [1.29, 1.82) is 0 Å². The maximum Gasteiger partial charge on any atom is 0.262 e. The molecule has 0 bridgehead atoms. The maximum atomic E-state index is 13.2. The third kappa shape index (κ3) is 5.69. The fraction of sp³-hybridized carbons (Fsp3) is 0.333. The number of carbonyl (C=O) groups excluding carboxylic acids is 2. The predicted molar refractivity (Wildman–Crippen MR) is 140 cm³/mol. The molecule has 2 aromatic carbocycles. The maximum absolute atomic E-state index is 13.2. The average molecular weight is 496 g/mol. The van der Waals surface area contributed by atoms with Crippen LogP contribution in [0.2, 0.25) is 4.34 Å². The Morgan fingerprint density at radius 1 is 1.00 bits per heavy atom. The minimum atomic E-state index is -0.827. The molecule has 1 fully saturated rings. The molecule has 0 aliphatic heterocycles. The zero-order valence-electron chi connectivity index (χ0n) is 19.5. The van der Waals surface area contributed by atoms with Crippen LogP contribution in [0.4, 0.5) is 5.69 Å². The molecule has 0 saturated heterocycles. The van der Waals surface area contributed by atoms with E-state index in [1.807, 2.05) is 42.5 Å². The van der Waals surface area contributed by atoms with Crippen LogP contribution < -0.4 is 10.6 Å². The number of carbonyl (C=O) groups is 2. The fourth-order valence-corrected chi connectivity index (χ4v) is 5.22. The lowest BCUT2D eigenvalue weighted by Gasteiger charge is -2.25. The van der Waals surface area contributed by atoms with Crippen LogP contribution in [0.15, 0.2) is 66.7 Å². The molecule has 1 unspecified atom stereocenters. The number of rotatable bonds is 10. The van der Waals surface area contributed by atoms with Crippen molar-refractivity contribution < 1.29 is 9.59 Å². The molecule has 3 aromatic rings. The molecule has 1 aromatic heterocycles. The lowest BCUT2D eigenvalue weighted by atomic mass is 9.95. The van der Waals surface area contributed by atoms with Gasteiger partial charge in [-0.25, -0.2) is 0 Å². The van der Waals surface area contributed by atoms with Crippen molar-refractivity contribution in [3.63, 3.8) is 0 Å². The summed E-state index contributed by atoms with van der Waals surface area (Å²) in [5.74, 6) is -0.623. The number of nitrogens with one attached hydrogen (secondary N) is 2. The van der Waals surface area contributed by atoms with E-state index in [9.17, 15) is 9.59 Å². The van der Waals surface area contributed by atoms with Crippen LogP contribution in [0.1, 0.15) is 53.5 Å². The van der Waals surface area contributed by atoms with Crippen LogP contribution in [0, 0.1) is 0 Å². The highest BCUT2D eigenvalue weighted by molar-refractivity contribution is 7.18. The van der Waals surface area contributed by atoms with E-state index in [4.69, 9.17) is 11.6 Å². The second-order valence-corrected chi connectivity index (χ2v) is 10.4. The standard InChI is InChI=1S/C27H30ClN3O2S/c1-3-31(4-2)18-27(16-17-27)20-10-12-21(13-11-20)29-26(33)24(19-8-6-5-7-9-19)30-25(32)22-14-15-23(28)34-22/h5-15,24H,3-4,16-18H2,1-2H3,(H,29,33)(H,30,32). The van der Waals surface area contributed by atoms with Crippen LogP contribution in [0.3, 0.4) is 0 Å². The van der Waals surface area contributed by atoms with Gasteiger partial charge in [0.15, 0.2) is 0 Å². The Morgan fingerprint density at radius 3 is 2.24 bits per heavy atom. The number of hydrogen-bond acceptors (Lipinski definition) is 4. The van der Waals surface area contributed by atoms with Gasteiger partial charge in [0.25, 0.3) is 11.8 Å². The highest BCUT2D eigenvalue weighted by atomic mass is 35.5. The quantitative estimate of drug-likeness (QED) is 0.369. The van der Waals surface area contributed by atoms with E-state index in [0.29, 0.717) is 20.5 Å². The van der Waals surface area contributed by atoms with E-state index in [-0.39, 0.29) is 17.2 Å². The van der Waals surface area contributed by atoms with Gasteiger partial charge in [0.05, 0.1) is 9.21 Å². The fourth-order valence-electron chi connectivity index (χ4n) is 4.27. The van der Waals surface area contributed by atoms with Gasteiger partial charge in [0.1, 0.15) is 6.04 Å². The third-order valence-corrected chi connectivity index (χ3v) is 7.74. The number of hydrogen-bond donors (Lipinski definition) is 2. The van der Waals surface area contributed by atoms with Gasteiger partial charge in [-0.2, -0.15) is 0 Å². The molecule has 1 saturated carbocycles. The average Bonchev–Trinajstić information content (AvgIpc) is 3.52. The molecule has 34 heavy (non-hydrogen) atoms. The minimum Gasteiger partial charge on any atom is -0.336 e. The molecular weight excluding hydrogens is 466 g/mol. The van der Waals surface area contributed by atoms with Gasteiger partial charge in [-0.15, -0.1) is 11.3 Å². The lowest BCUT2D eigenvalue weighted by molar-refractivity contribution is -0.118. The Morgan fingerprint density at radius 2 is 1.68 bits per heavy atom. The van der Waals surface area contributed by atoms with Crippen LogP contribution in [-0.4, -0.2) is 36.3 Å². The van der Waals surface area contributed by atoms with Gasteiger partial charge in [-0.3, -0.25) is 9.59 Å². The molecular formula is C27H30ClN3O2S. The van der Waals surface area contributed by atoms with Gasteiger partial charge >= 0.3 is 0 Å². The van der Waals surface area contributed by atoms with Gasteiger partial charge in [-0.1, -0.05) is 67.9 Å². The highest BCUT2D eigenvalue weighted by Gasteiger charge is 2.44. The zero-order valence-corrected chi connectivity index (χ0v) is 21.1. The SMILES string of the molecule is CCN(CC)CC1(c2ccc(NC(=O)C(NC(=O)c3ccc(Cl)s3)c3ccccc3)cc2)CC1. The van der Waals surface area contributed by atoms with Crippen LogP contribution in [0.25, 0.3) is 0 Å². The summed E-state index contributed by atoms with van der Waals surface area (Å²) in [6, 6.07) is 19.9. The van der Waals surface area contributed by atoms with E-state index in [2.05, 4.69) is 41.5 Å². The molecule has 4 rings (SSSR count). The summed E-state index contributed by atoms with van der Waals surface area (Å²) in [5, 5.41) is 5.84. The summed E-state index contributed by atoms with van der Waals surface area (Å²) in [5.41, 5.74) is 2.97. The molecule has 2 amide bonds. The molecule has 7 heteroatoms. The van der Waals surface area contributed by atoms with E-state index >= 15 is 0 Å². The molecule has 0 radical (unpaired) electrons. The molecule has 2 N–H and O–H groups in total. The van der Waals surface area contributed by atoms with E-state index in [0.717, 1.165) is 19.6 Å². The molecule has 1 heterocycles. The first-order valence-electron chi connectivity index (χ1n) is 11.7. The van der Waals surface area contributed by atoms with Crippen LogP contribution >= 0.6 is 22.9 Å². The van der Waals surface area contributed by atoms with E-state index < -0.39 is 6.04 Å². The largest absolute Gasteiger partial charge is 0.336 e. The van der Waals surface area contributed by atoms with Crippen LogP contribution in [0.5, 0.6) is 0 Å². The number of likely N-dealkylation sites (N-methyl/N-ethyl adjacent to an activating group) is 1. The Balaban J connectivity index is 1.47. The van der Waals surface area contributed by atoms with Gasteiger partial charge in [0, 0.05) is 17.6 Å². The number of anilines is 1. The molecule has 5 nitrogen and oxygen atoms in total. The topological polar surface area (TPSA) is 61.4 Å². The van der Waals surface area contributed by atoms with Gasteiger partial charge < -0.3 is 15.5 Å². The molecule has 1 atom stereocenters. The number of benzene rings is 2. The second kappa shape index (κ2) is 10.7. The summed E-state index contributed by atoms with van der Waals surface area (Å²) in [6.07, 6.45) is 2.40. The Kier molecular flexibility index (Phi) is 7.71. The smallest absolute Gasteiger partial charge is 0.262 e. The van der Waals surface area contributed by atoms with Crippen molar-refractivity contribution in [1.82, 2.24) is 10.2 Å². The summed E-state index contributed by atoms with van der Waals surface area (Å²) < 4.78 is 0.528. The first kappa shape index (κ1) is 24.5. The number of thiophene rings is 1. The minimum absolute atomic E-state index is 0.233. The number of nitrogens with zero attached hydrogens (tertiary/aromatic N) is 1. The van der Waals surface area contributed by atoms with E-state index in [1.54, 1.807) is 12.1 Å². The lowest BCUT2D eigenvalue weighted by Crippen LogP contribution is -2.36. The third-order valence-electron chi connectivity index (χ3n) is 6.51. The van der Waals surface area contributed by atoms with Crippen molar-refractivity contribution >= 4 is 40.4 Å². The second-order valence-electron chi connectivity index (χ2n) is 8.73. The van der Waals surface area contributed by atoms with Crippen molar-refractivity contribution in [2.75, 3.05) is 25.0 Å². The molecule has 1 aliphatic carbocycles. The predicted octanol–water partition coefficient (Wildman–Crippen LogP) is 5.88. The first-order chi connectivity index (χ1) is 16.4. The summed E-state index contributed by atoms with van der Waals surface area (Å²) >= 11 is 7.16. The Bertz CT molecular complexity index is 1120. The number of amides is 2. The number of halogens is 1. The monoisotopic (exact) mass is 495 g/mol. The Labute approximate surface area is 210 Å². The molecule has 1 aliphatic rings. The van der Waals surface area contributed by atoms with Crippen molar-refractivity contribution in [3.8, 4) is 0 Å². The zero-order chi connectivity index (χ0) is 24.1. The highest BCUT2D eigenvalue weighted by Crippen LogP contribution is 2.48. The molecule has 178 valence electrons.